The molecule has 2 aromatic rings. The Bertz CT molecular complexity index is 795. The van der Waals surface area contributed by atoms with Gasteiger partial charge in [-0.05, 0) is 65.1 Å². The van der Waals surface area contributed by atoms with Crippen molar-refractivity contribution in [3.05, 3.63) is 50.1 Å². The summed E-state index contributed by atoms with van der Waals surface area (Å²) in [5, 5.41) is 0.536. The van der Waals surface area contributed by atoms with E-state index >= 15 is 0 Å². The van der Waals surface area contributed by atoms with Crippen LogP contribution in [0.5, 0.6) is 5.75 Å². The third kappa shape index (κ3) is 3.79. The van der Waals surface area contributed by atoms with Crippen molar-refractivity contribution in [3.63, 3.8) is 0 Å². The van der Waals surface area contributed by atoms with Crippen LogP contribution in [0.1, 0.15) is 24.3 Å². The van der Waals surface area contributed by atoms with Crippen LogP contribution in [0.15, 0.2) is 24.3 Å². The number of piperidine rings is 1. The maximum absolute atomic E-state index is 14.3. The van der Waals surface area contributed by atoms with Gasteiger partial charge in [-0.25, -0.2) is 8.78 Å². The molecule has 0 aliphatic carbocycles. The van der Waals surface area contributed by atoms with E-state index in [-0.39, 0.29) is 23.2 Å². The first-order valence-electron chi connectivity index (χ1n) is 7.93. The molecular weight excluding hydrogens is 461 g/mol. The van der Waals surface area contributed by atoms with Crippen LogP contribution in [0, 0.1) is 15.2 Å². The van der Waals surface area contributed by atoms with Crippen molar-refractivity contribution in [1.82, 2.24) is 0 Å². The van der Waals surface area contributed by atoms with Crippen LogP contribution >= 0.6 is 34.2 Å². The number of hydrogen-bond acceptors (Lipinski definition) is 3. The largest absolute Gasteiger partial charge is 0.495 e. The summed E-state index contributed by atoms with van der Waals surface area (Å²) in [6, 6.07) is 6.08. The van der Waals surface area contributed by atoms with E-state index in [1.54, 1.807) is 12.1 Å². The molecule has 1 aliphatic heterocycles. The predicted octanol–water partition coefficient (Wildman–Crippen LogP) is 5.20. The number of nitrogen functional groups attached to an aromatic ring is 1. The minimum Gasteiger partial charge on any atom is -0.495 e. The van der Waals surface area contributed by atoms with E-state index in [1.807, 2.05) is 27.5 Å². The summed E-state index contributed by atoms with van der Waals surface area (Å²) in [4.78, 5) is 1.96. The van der Waals surface area contributed by atoms with E-state index in [2.05, 4.69) is 0 Å². The van der Waals surface area contributed by atoms with Crippen LogP contribution in [0.4, 0.5) is 20.2 Å². The average molecular weight is 479 g/mol. The smallest absolute Gasteiger partial charge is 0.147 e. The number of rotatable bonds is 3. The fourth-order valence-corrected chi connectivity index (χ4v) is 3.85. The van der Waals surface area contributed by atoms with Gasteiger partial charge in [0.15, 0.2) is 0 Å². The Labute approximate surface area is 164 Å². The first-order chi connectivity index (χ1) is 11.9. The second kappa shape index (κ2) is 7.53. The van der Waals surface area contributed by atoms with Gasteiger partial charge in [0.1, 0.15) is 17.4 Å². The van der Waals surface area contributed by atoms with Gasteiger partial charge in [-0.2, -0.15) is 0 Å². The van der Waals surface area contributed by atoms with Crippen molar-refractivity contribution in [2.75, 3.05) is 30.8 Å². The van der Waals surface area contributed by atoms with Gasteiger partial charge in [0.05, 0.1) is 23.5 Å². The van der Waals surface area contributed by atoms with Crippen molar-refractivity contribution in [2.45, 2.75) is 18.8 Å². The normalized spacial score (nSPS) is 15.5. The van der Waals surface area contributed by atoms with Gasteiger partial charge in [-0.3, -0.25) is 0 Å². The van der Waals surface area contributed by atoms with E-state index in [0.29, 0.717) is 51.5 Å². The summed E-state index contributed by atoms with van der Waals surface area (Å²) in [5.74, 6) is -0.0738. The lowest BCUT2D eigenvalue weighted by Gasteiger charge is -2.34. The minimum absolute atomic E-state index is 0.0492. The fraction of sp³-hybridized carbons (Fsp3) is 0.333. The van der Waals surface area contributed by atoms with Crippen LogP contribution in [-0.2, 0) is 0 Å². The molecule has 0 atom stereocenters. The summed E-state index contributed by atoms with van der Waals surface area (Å²) in [7, 11) is 1.51. The van der Waals surface area contributed by atoms with Crippen molar-refractivity contribution >= 4 is 45.6 Å². The predicted molar refractivity (Wildman–Crippen MR) is 106 cm³/mol. The molecule has 0 amide bonds. The molecule has 2 aromatic carbocycles. The quantitative estimate of drug-likeness (QED) is 0.374. The number of methoxy groups -OCH3 is 1. The molecule has 1 saturated heterocycles. The summed E-state index contributed by atoms with van der Waals surface area (Å²) >= 11 is 8.13. The molecule has 0 radical (unpaired) electrons. The van der Waals surface area contributed by atoms with Crippen LogP contribution < -0.4 is 15.4 Å². The van der Waals surface area contributed by atoms with E-state index in [4.69, 9.17) is 22.1 Å². The highest BCUT2D eigenvalue weighted by Crippen LogP contribution is 2.37. The van der Waals surface area contributed by atoms with Crippen molar-refractivity contribution in [1.29, 1.82) is 0 Å². The fourth-order valence-electron chi connectivity index (χ4n) is 3.26. The van der Waals surface area contributed by atoms with E-state index in [9.17, 15) is 8.78 Å². The van der Waals surface area contributed by atoms with Gasteiger partial charge in [-0.15, -0.1) is 0 Å². The molecule has 7 heteroatoms. The highest BCUT2D eigenvalue weighted by atomic mass is 127. The number of anilines is 2. The lowest BCUT2D eigenvalue weighted by molar-refractivity contribution is 0.411. The molecular formula is C18H18ClF2IN2O. The summed E-state index contributed by atoms with van der Waals surface area (Å²) in [6.45, 7) is 1.26. The number of halogens is 4. The zero-order valence-electron chi connectivity index (χ0n) is 13.7. The average Bonchev–Trinajstić information content (AvgIpc) is 2.59. The molecule has 0 spiro atoms. The first-order valence-corrected chi connectivity index (χ1v) is 9.38. The Morgan fingerprint density at radius 2 is 1.84 bits per heavy atom. The maximum Gasteiger partial charge on any atom is 0.147 e. The molecule has 1 aliphatic rings. The minimum atomic E-state index is -0.319. The number of nitrogens with two attached hydrogens (primary N) is 1. The summed E-state index contributed by atoms with van der Waals surface area (Å²) in [5.41, 5.74) is 7.13. The zero-order valence-corrected chi connectivity index (χ0v) is 16.6. The van der Waals surface area contributed by atoms with Crippen molar-refractivity contribution in [3.8, 4) is 5.75 Å². The number of nitrogens with zero attached hydrogens (tertiary/aromatic N) is 1. The van der Waals surface area contributed by atoms with Crippen LogP contribution in [0.25, 0.3) is 0 Å². The Kier molecular flexibility index (Phi) is 5.58. The highest BCUT2D eigenvalue weighted by molar-refractivity contribution is 14.1. The number of ether oxygens (including phenoxy) is 1. The Morgan fingerprint density at radius 1 is 1.16 bits per heavy atom. The lowest BCUT2D eigenvalue weighted by atomic mass is 9.88. The topological polar surface area (TPSA) is 38.5 Å². The molecule has 25 heavy (non-hydrogen) atoms. The van der Waals surface area contributed by atoms with Gasteiger partial charge in [-0.1, -0.05) is 11.6 Å². The Morgan fingerprint density at radius 3 is 2.48 bits per heavy atom. The van der Waals surface area contributed by atoms with Gasteiger partial charge < -0.3 is 15.4 Å². The van der Waals surface area contributed by atoms with Crippen LogP contribution in [0.3, 0.4) is 0 Å². The van der Waals surface area contributed by atoms with E-state index in [1.165, 1.54) is 19.2 Å². The van der Waals surface area contributed by atoms with E-state index < -0.39 is 0 Å². The Balaban J connectivity index is 1.78. The summed E-state index contributed by atoms with van der Waals surface area (Å²) in [6.07, 6.45) is 1.43. The monoisotopic (exact) mass is 478 g/mol. The maximum atomic E-state index is 14.3. The van der Waals surface area contributed by atoms with Crippen molar-refractivity contribution in [2.24, 2.45) is 0 Å². The lowest BCUT2D eigenvalue weighted by Crippen LogP contribution is -2.33. The molecule has 0 bridgehead atoms. The third-order valence-corrected chi connectivity index (χ3v) is 6.14. The molecule has 0 aromatic heterocycles. The van der Waals surface area contributed by atoms with Crippen LogP contribution in [0.2, 0.25) is 5.02 Å². The number of benzene rings is 2. The molecule has 3 rings (SSSR count). The SMILES string of the molecule is COc1cc(C2CCN(c3cc(Cl)c(I)cc3F)CC2)c(F)cc1N. The second-order valence-corrected chi connectivity index (χ2v) is 7.66. The summed E-state index contributed by atoms with van der Waals surface area (Å²) < 4.78 is 34.4. The molecule has 1 fully saturated rings. The van der Waals surface area contributed by atoms with Gasteiger partial charge in [0, 0.05) is 22.7 Å². The first kappa shape index (κ1) is 18.5. The highest BCUT2D eigenvalue weighted by Gasteiger charge is 2.26. The molecule has 1 heterocycles. The molecule has 3 nitrogen and oxygen atoms in total. The van der Waals surface area contributed by atoms with Gasteiger partial charge in [0.25, 0.3) is 0 Å². The molecule has 134 valence electrons. The van der Waals surface area contributed by atoms with Crippen LogP contribution in [-0.4, -0.2) is 20.2 Å². The molecule has 0 saturated carbocycles. The van der Waals surface area contributed by atoms with Crippen molar-refractivity contribution < 1.29 is 13.5 Å². The van der Waals surface area contributed by atoms with E-state index in [0.717, 1.165) is 0 Å². The molecule has 0 unspecified atom stereocenters. The zero-order chi connectivity index (χ0) is 18.1. The third-order valence-electron chi connectivity index (χ3n) is 4.61. The molecule has 2 N–H and O–H groups in total. The Hall–Kier alpha value is -1.28. The van der Waals surface area contributed by atoms with Gasteiger partial charge >= 0.3 is 0 Å². The standard InChI is InChI=1S/C18H18ClF2IN2O/c1-25-18-6-11(13(20)9-16(18)23)10-2-4-24(5-3-10)17-7-12(19)15(22)8-14(17)21/h6-10H,2-5,23H2,1H3. The second-order valence-electron chi connectivity index (χ2n) is 6.09. The number of hydrogen-bond donors (Lipinski definition) is 1. The van der Waals surface area contributed by atoms with Gasteiger partial charge in [0.2, 0.25) is 0 Å².